The van der Waals surface area contributed by atoms with Gasteiger partial charge in [0.15, 0.2) is 40.2 Å². The van der Waals surface area contributed by atoms with Crippen LogP contribution >= 0.6 is 0 Å². The fourth-order valence-corrected chi connectivity index (χ4v) is 3.90. The average molecular weight is 491 g/mol. The number of ether oxygens (including phenoxy) is 1. The largest absolute Gasteiger partial charge is 0.508 e. The summed E-state index contributed by atoms with van der Waals surface area (Å²) in [6.45, 7) is 0. The van der Waals surface area contributed by atoms with Crippen molar-refractivity contribution in [2.45, 2.75) is 25.7 Å². The fourth-order valence-electron chi connectivity index (χ4n) is 3.90. The molecule has 8 heteroatoms. The molecule has 0 radical (unpaired) electrons. The molecule has 0 aliphatic carbocycles. The highest BCUT2D eigenvalue weighted by molar-refractivity contribution is 5.56. The number of benzene rings is 4. The van der Waals surface area contributed by atoms with E-state index in [1.807, 2.05) is 6.07 Å². The second-order valence-electron chi connectivity index (χ2n) is 8.52. The predicted octanol–water partition coefficient (Wildman–Crippen LogP) is 4.99. The van der Waals surface area contributed by atoms with Crippen molar-refractivity contribution in [2.75, 3.05) is 0 Å². The van der Waals surface area contributed by atoms with Gasteiger partial charge in [-0.25, -0.2) is 0 Å². The number of phenols is 7. The molecule has 0 saturated carbocycles. The van der Waals surface area contributed by atoms with Gasteiger partial charge in [-0.05, 0) is 96.5 Å². The van der Waals surface area contributed by atoms with Crippen LogP contribution in [-0.4, -0.2) is 35.7 Å². The molecule has 0 atom stereocenters. The van der Waals surface area contributed by atoms with Crippen molar-refractivity contribution in [3.8, 4) is 51.7 Å². The first-order valence-corrected chi connectivity index (χ1v) is 11.3. The number of hydrogen-bond donors (Lipinski definition) is 7. The topological polar surface area (TPSA) is 151 Å². The van der Waals surface area contributed by atoms with Gasteiger partial charge in [-0.3, -0.25) is 0 Å². The van der Waals surface area contributed by atoms with Crippen LogP contribution in [0.15, 0.2) is 66.7 Å². The molecule has 8 nitrogen and oxygen atoms in total. The SMILES string of the molecule is Oc1cccc(CCc2ccc(O)c(Oc3c(O)cc(CCc4cc(O)c(O)c(O)c4)cc3O)c2)c1. The second kappa shape index (κ2) is 10.3. The van der Waals surface area contributed by atoms with E-state index in [9.17, 15) is 35.7 Å². The maximum Gasteiger partial charge on any atom is 0.210 e. The van der Waals surface area contributed by atoms with E-state index in [1.54, 1.807) is 30.3 Å². The molecule has 0 fully saturated rings. The minimum atomic E-state index is -0.595. The monoisotopic (exact) mass is 490 g/mol. The van der Waals surface area contributed by atoms with E-state index in [0.717, 1.165) is 11.1 Å². The van der Waals surface area contributed by atoms with Gasteiger partial charge in [-0.15, -0.1) is 0 Å². The fraction of sp³-hybridized carbons (Fsp3) is 0.143. The highest BCUT2D eigenvalue weighted by Crippen LogP contribution is 2.43. The molecule has 0 bridgehead atoms. The normalized spacial score (nSPS) is 10.9. The lowest BCUT2D eigenvalue weighted by Gasteiger charge is -2.14. The van der Waals surface area contributed by atoms with Gasteiger partial charge in [0.25, 0.3) is 0 Å². The standard InChI is InChI=1S/C28H26O8/c29-20-3-1-2-16(10-20)4-5-17-8-9-21(30)26(15-17)36-28-24(33)13-19(14-25(28)34)7-6-18-11-22(31)27(35)23(32)12-18/h1-3,8-15,29-35H,4-7H2. The Balaban J connectivity index is 1.47. The molecule has 0 aliphatic rings. The highest BCUT2D eigenvalue weighted by atomic mass is 16.5. The van der Waals surface area contributed by atoms with Crippen LogP contribution in [-0.2, 0) is 25.7 Å². The molecule has 4 rings (SSSR count). The van der Waals surface area contributed by atoms with Gasteiger partial charge in [-0.2, -0.15) is 0 Å². The summed E-state index contributed by atoms with van der Waals surface area (Å²) in [5.74, 6) is -2.25. The summed E-state index contributed by atoms with van der Waals surface area (Å²) in [6.07, 6.45) is 1.96. The third kappa shape index (κ3) is 5.67. The van der Waals surface area contributed by atoms with Crippen LogP contribution in [0.1, 0.15) is 22.3 Å². The number of aryl methyl sites for hydroxylation is 4. The Morgan fingerprint density at radius 3 is 1.58 bits per heavy atom. The molecule has 7 N–H and O–H groups in total. The summed E-state index contributed by atoms with van der Waals surface area (Å²) in [6, 6.07) is 17.3. The average Bonchev–Trinajstić information content (AvgIpc) is 2.83. The molecule has 4 aromatic rings. The molecule has 36 heavy (non-hydrogen) atoms. The zero-order chi connectivity index (χ0) is 25.8. The van der Waals surface area contributed by atoms with Crippen molar-refractivity contribution in [3.05, 3.63) is 89.0 Å². The smallest absolute Gasteiger partial charge is 0.210 e. The van der Waals surface area contributed by atoms with Crippen molar-refractivity contribution in [1.29, 1.82) is 0 Å². The molecule has 4 aromatic carbocycles. The number of hydrogen-bond acceptors (Lipinski definition) is 8. The Morgan fingerprint density at radius 2 is 1.00 bits per heavy atom. The Kier molecular flexibility index (Phi) is 6.96. The molecule has 0 spiro atoms. The summed E-state index contributed by atoms with van der Waals surface area (Å²) in [4.78, 5) is 0. The zero-order valence-electron chi connectivity index (χ0n) is 19.2. The maximum absolute atomic E-state index is 10.5. The van der Waals surface area contributed by atoms with Gasteiger partial charge in [0, 0.05) is 0 Å². The van der Waals surface area contributed by atoms with E-state index in [2.05, 4.69) is 0 Å². The summed E-state index contributed by atoms with van der Waals surface area (Å²) < 4.78 is 5.66. The van der Waals surface area contributed by atoms with Crippen molar-refractivity contribution in [3.63, 3.8) is 0 Å². The summed E-state index contributed by atoms with van der Waals surface area (Å²) in [5, 5.41) is 69.6. The zero-order valence-corrected chi connectivity index (χ0v) is 19.2. The molecule has 0 saturated heterocycles. The van der Waals surface area contributed by atoms with Crippen LogP contribution < -0.4 is 4.74 Å². The molecule has 0 unspecified atom stereocenters. The Labute approximate surface area is 207 Å². The van der Waals surface area contributed by atoms with E-state index in [1.165, 1.54) is 30.3 Å². The van der Waals surface area contributed by atoms with E-state index >= 15 is 0 Å². The minimum Gasteiger partial charge on any atom is -0.508 e. The van der Waals surface area contributed by atoms with Crippen molar-refractivity contribution < 1.29 is 40.5 Å². The molecule has 0 aromatic heterocycles. The summed E-state index contributed by atoms with van der Waals surface area (Å²) in [5.41, 5.74) is 2.92. The van der Waals surface area contributed by atoms with Crippen LogP contribution in [0.4, 0.5) is 0 Å². The number of phenolic OH excluding ortho intramolecular Hbond substituents is 7. The van der Waals surface area contributed by atoms with Crippen LogP contribution in [0.5, 0.6) is 51.7 Å². The predicted molar refractivity (Wildman–Crippen MR) is 132 cm³/mol. The lowest BCUT2D eigenvalue weighted by molar-refractivity contribution is 0.359. The number of rotatable bonds is 8. The minimum absolute atomic E-state index is 0.0665. The van der Waals surface area contributed by atoms with E-state index in [0.29, 0.717) is 36.8 Å². The van der Waals surface area contributed by atoms with Gasteiger partial charge < -0.3 is 40.5 Å². The van der Waals surface area contributed by atoms with Gasteiger partial charge >= 0.3 is 0 Å². The lowest BCUT2D eigenvalue weighted by Crippen LogP contribution is -1.95. The van der Waals surface area contributed by atoms with Crippen LogP contribution in [0.25, 0.3) is 0 Å². The van der Waals surface area contributed by atoms with Crippen molar-refractivity contribution in [1.82, 2.24) is 0 Å². The molecule has 0 heterocycles. The lowest BCUT2D eigenvalue weighted by atomic mass is 10.0. The molecule has 0 amide bonds. The maximum atomic E-state index is 10.5. The highest BCUT2D eigenvalue weighted by Gasteiger charge is 2.16. The van der Waals surface area contributed by atoms with Gasteiger partial charge in [0.1, 0.15) is 5.75 Å². The third-order valence-corrected chi connectivity index (χ3v) is 5.79. The van der Waals surface area contributed by atoms with Crippen molar-refractivity contribution >= 4 is 0 Å². The first-order valence-electron chi connectivity index (χ1n) is 11.3. The Bertz CT molecular complexity index is 1350. The van der Waals surface area contributed by atoms with Crippen LogP contribution in [0.3, 0.4) is 0 Å². The Morgan fingerprint density at radius 1 is 0.472 bits per heavy atom. The number of aromatic hydroxyl groups is 7. The van der Waals surface area contributed by atoms with Crippen LogP contribution in [0.2, 0.25) is 0 Å². The molecule has 186 valence electrons. The first-order chi connectivity index (χ1) is 17.2. The third-order valence-electron chi connectivity index (χ3n) is 5.79. The van der Waals surface area contributed by atoms with E-state index in [-0.39, 0.29) is 34.5 Å². The van der Waals surface area contributed by atoms with E-state index < -0.39 is 17.2 Å². The summed E-state index contributed by atoms with van der Waals surface area (Å²) in [7, 11) is 0. The quantitative estimate of drug-likeness (QED) is 0.171. The summed E-state index contributed by atoms with van der Waals surface area (Å²) >= 11 is 0. The van der Waals surface area contributed by atoms with Gasteiger partial charge in [-0.1, -0.05) is 18.2 Å². The second-order valence-corrected chi connectivity index (χ2v) is 8.52. The Hall–Kier alpha value is -4.72. The van der Waals surface area contributed by atoms with E-state index in [4.69, 9.17) is 4.74 Å². The van der Waals surface area contributed by atoms with Crippen molar-refractivity contribution in [2.24, 2.45) is 0 Å². The van der Waals surface area contributed by atoms with Gasteiger partial charge in [0.2, 0.25) is 5.75 Å². The first kappa shape index (κ1) is 24.4. The molecule has 0 aliphatic heterocycles. The van der Waals surface area contributed by atoms with Crippen LogP contribution in [0, 0.1) is 0 Å². The molecular weight excluding hydrogens is 464 g/mol. The van der Waals surface area contributed by atoms with Gasteiger partial charge in [0.05, 0.1) is 0 Å². The molecular formula is C28H26O8.